The minimum atomic E-state index is -0.444. The van der Waals surface area contributed by atoms with Gasteiger partial charge < -0.3 is 9.32 Å². The van der Waals surface area contributed by atoms with Crippen molar-refractivity contribution in [2.24, 2.45) is 0 Å². The predicted octanol–water partition coefficient (Wildman–Crippen LogP) is 4.01. The molecule has 0 radical (unpaired) electrons. The van der Waals surface area contributed by atoms with Gasteiger partial charge in [0.1, 0.15) is 19.6 Å². The summed E-state index contributed by atoms with van der Waals surface area (Å²) in [6.45, 7) is 3.13. The Labute approximate surface area is 174 Å². The van der Waals surface area contributed by atoms with Gasteiger partial charge in [0.05, 0.1) is 24.3 Å². The van der Waals surface area contributed by atoms with Crippen LogP contribution in [-0.4, -0.2) is 41.0 Å². The van der Waals surface area contributed by atoms with Crippen LogP contribution >= 0.6 is 0 Å². The smallest absolute Gasteiger partial charge is 0.406 e. The van der Waals surface area contributed by atoms with Crippen LogP contribution in [0.5, 0.6) is 0 Å². The van der Waals surface area contributed by atoms with Crippen molar-refractivity contribution in [2.75, 3.05) is 31.1 Å². The molecule has 0 saturated carbocycles. The second-order valence-electron chi connectivity index (χ2n) is 7.92. The fourth-order valence-corrected chi connectivity index (χ4v) is 4.26. The highest BCUT2D eigenvalue weighted by Gasteiger charge is 2.33. The first kappa shape index (κ1) is 18.7. The Balaban J connectivity index is 1.32. The largest absolute Gasteiger partial charge is 0.417 e. The zero-order valence-corrected chi connectivity index (χ0v) is 16.6. The van der Waals surface area contributed by atoms with Crippen molar-refractivity contribution in [1.82, 2.24) is 4.98 Å². The Morgan fingerprint density at radius 1 is 0.933 bits per heavy atom. The Morgan fingerprint density at radius 2 is 1.67 bits per heavy atom. The van der Waals surface area contributed by atoms with Crippen LogP contribution in [-0.2, 0) is 6.54 Å². The fraction of sp³-hybridized carbons (Fsp3) is 0.208. The minimum Gasteiger partial charge on any atom is -0.406 e. The molecule has 6 nitrogen and oxygen atoms in total. The van der Waals surface area contributed by atoms with Gasteiger partial charge in [-0.05, 0) is 29.3 Å². The van der Waals surface area contributed by atoms with E-state index in [9.17, 15) is 10.0 Å². The van der Waals surface area contributed by atoms with Gasteiger partial charge in [-0.15, -0.1) is 0 Å². The van der Waals surface area contributed by atoms with Gasteiger partial charge in [-0.1, -0.05) is 54.6 Å². The summed E-state index contributed by atoms with van der Waals surface area (Å²) < 4.78 is 5.34. The summed E-state index contributed by atoms with van der Waals surface area (Å²) in [7, 11) is 0. The molecule has 1 fully saturated rings. The van der Waals surface area contributed by atoms with E-state index in [4.69, 9.17) is 4.42 Å². The van der Waals surface area contributed by atoms with Crippen molar-refractivity contribution in [2.45, 2.75) is 6.54 Å². The van der Waals surface area contributed by atoms with Crippen LogP contribution in [0.15, 0.2) is 82.0 Å². The van der Waals surface area contributed by atoms with Gasteiger partial charge in [0.15, 0.2) is 5.58 Å². The number of benzene rings is 3. The van der Waals surface area contributed by atoms with Gasteiger partial charge >= 0.3 is 5.76 Å². The molecule has 4 aromatic rings. The lowest BCUT2D eigenvalue weighted by atomic mass is 10.0. The number of fused-ring (bicyclic) bond motifs is 1. The van der Waals surface area contributed by atoms with Gasteiger partial charge in [-0.3, -0.25) is 4.98 Å². The number of quaternary nitrogens is 1. The summed E-state index contributed by atoms with van der Waals surface area (Å²) in [6.07, 6.45) is 0. The first-order valence-corrected chi connectivity index (χ1v) is 10.2. The molecular formula is C24H24N3O3+. The first-order chi connectivity index (χ1) is 14.6. The van der Waals surface area contributed by atoms with Crippen molar-refractivity contribution in [3.63, 3.8) is 0 Å². The minimum absolute atomic E-state index is 0.00179. The molecule has 152 valence electrons. The lowest BCUT2D eigenvalue weighted by molar-refractivity contribution is -1.11. The number of hydrogen-bond acceptors (Lipinski definition) is 4. The van der Waals surface area contributed by atoms with Crippen LogP contribution in [0.3, 0.4) is 0 Å². The summed E-state index contributed by atoms with van der Waals surface area (Å²) in [4.78, 5) is 16.5. The number of H-pyrrole nitrogens is 1. The summed E-state index contributed by atoms with van der Waals surface area (Å²) in [5, 5.41) is 11.2. The third-order valence-corrected chi connectivity index (χ3v) is 5.85. The van der Waals surface area contributed by atoms with Crippen LogP contribution in [0.2, 0.25) is 0 Å². The van der Waals surface area contributed by atoms with Crippen LogP contribution < -0.4 is 10.7 Å². The number of piperazine rings is 1. The summed E-state index contributed by atoms with van der Waals surface area (Å²) >= 11 is 0. The maximum atomic E-state index is 11.6. The maximum absolute atomic E-state index is 11.6. The van der Waals surface area contributed by atoms with Gasteiger partial charge in [-0.25, -0.2) is 10.0 Å². The molecule has 5 rings (SSSR count). The average molecular weight is 402 g/mol. The molecule has 0 aliphatic carbocycles. The third-order valence-electron chi connectivity index (χ3n) is 5.85. The van der Waals surface area contributed by atoms with Gasteiger partial charge in [0, 0.05) is 5.56 Å². The molecule has 0 amide bonds. The molecule has 2 N–H and O–H groups in total. The summed E-state index contributed by atoms with van der Waals surface area (Å²) in [6, 6.07) is 24.4. The number of aromatic nitrogens is 1. The van der Waals surface area contributed by atoms with Gasteiger partial charge in [0.25, 0.3) is 0 Å². The van der Waals surface area contributed by atoms with E-state index < -0.39 is 5.76 Å². The highest BCUT2D eigenvalue weighted by Crippen LogP contribution is 2.28. The highest BCUT2D eigenvalue weighted by molar-refractivity contribution is 5.86. The van der Waals surface area contributed by atoms with E-state index in [0.717, 1.165) is 16.8 Å². The number of nitrogens with one attached hydrogen (secondary N) is 1. The molecule has 1 aliphatic heterocycles. The van der Waals surface area contributed by atoms with Crippen molar-refractivity contribution >= 4 is 16.8 Å². The molecule has 0 atom stereocenters. The quantitative estimate of drug-likeness (QED) is 0.506. The molecule has 1 aliphatic rings. The molecule has 1 aromatic heterocycles. The Bertz CT molecular complexity index is 1220. The molecule has 6 heteroatoms. The molecule has 0 spiro atoms. The summed E-state index contributed by atoms with van der Waals surface area (Å²) in [5.41, 5.74) is 5.62. The zero-order valence-electron chi connectivity index (χ0n) is 16.6. The van der Waals surface area contributed by atoms with E-state index in [1.807, 2.05) is 36.4 Å². The number of rotatable bonds is 4. The third kappa shape index (κ3) is 3.63. The number of oxazole rings is 1. The van der Waals surface area contributed by atoms with E-state index >= 15 is 0 Å². The van der Waals surface area contributed by atoms with Crippen molar-refractivity contribution in [3.8, 4) is 11.1 Å². The van der Waals surface area contributed by atoms with Crippen LogP contribution in [0.4, 0.5) is 5.69 Å². The second kappa shape index (κ2) is 7.48. The topological polar surface area (TPSA) is 69.5 Å². The van der Waals surface area contributed by atoms with Gasteiger partial charge in [0.2, 0.25) is 0 Å². The monoisotopic (exact) mass is 402 g/mol. The predicted molar refractivity (Wildman–Crippen MR) is 116 cm³/mol. The van der Waals surface area contributed by atoms with Crippen LogP contribution in [0.25, 0.3) is 22.2 Å². The van der Waals surface area contributed by atoms with E-state index in [-0.39, 0.29) is 4.65 Å². The molecule has 0 bridgehead atoms. The number of hydrogen-bond donors (Lipinski definition) is 2. The molecule has 1 saturated heterocycles. The number of hydroxylamine groups is 3. The molecule has 2 heterocycles. The van der Waals surface area contributed by atoms with Crippen LogP contribution in [0, 0.1) is 0 Å². The molecule has 30 heavy (non-hydrogen) atoms. The normalized spacial score (nSPS) is 16.1. The lowest BCUT2D eigenvalue weighted by Gasteiger charge is -2.39. The van der Waals surface area contributed by atoms with Crippen LogP contribution in [0.1, 0.15) is 5.56 Å². The highest BCUT2D eigenvalue weighted by atomic mass is 16.5. The number of para-hydroxylation sites is 1. The van der Waals surface area contributed by atoms with E-state index in [1.165, 1.54) is 5.56 Å². The van der Waals surface area contributed by atoms with Crippen molar-refractivity contribution in [1.29, 1.82) is 0 Å². The summed E-state index contributed by atoms with van der Waals surface area (Å²) in [5.74, 6) is -0.444. The molecular weight excluding hydrogens is 378 g/mol. The van der Waals surface area contributed by atoms with Crippen molar-refractivity contribution in [3.05, 3.63) is 88.9 Å². The Morgan fingerprint density at radius 3 is 2.47 bits per heavy atom. The molecule has 3 aromatic carbocycles. The maximum Gasteiger partial charge on any atom is 0.417 e. The van der Waals surface area contributed by atoms with E-state index in [0.29, 0.717) is 43.8 Å². The number of nitrogens with zero attached hydrogens (tertiary/aromatic N) is 2. The first-order valence-electron chi connectivity index (χ1n) is 10.2. The SMILES string of the molecule is O=c1[nH]c2cccc(N3CC[N+](O)(Cc4cccc(-c5ccccc5)c4)CC3)c2o1. The van der Waals surface area contributed by atoms with E-state index in [1.54, 1.807) is 0 Å². The van der Waals surface area contributed by atoms with Crippen molar-refractivity contribution < 1.29 is 14.3 Å². The molecule has 0 unspecified atom stereocenters. The fourth-order valence-electron chi connectivity index (χ4n) is 4.26. The number of aromatic amines is 1. The zero-order chi connectivity index (χ0) is 20.6. The Kier molecular flexibility index (Phi) is 4.65. The number of anilines is 1. The lowest BCUT2D eigenvalue weighted by Crippen LogP contribution is -2.57. The Hall–Kier alpha value is -3.35. The average Bonchev–Trinajstić information content (AvgIpc) is 3.15. The van der Waals surface area contributed by atoms with E-state index in [2.05, 4.69) is 46.3 Å². The second-order valence-corrected chi connectivity index (χ2v) is 7.92. The van der Waals surface area contributed by atoms with Gasteiger partial charge in [-0.2, -0.15) is 4.65 Å². The standard InChI is InChI=1S/C24H23N3O3/c28-24-25-21-10-5-11-22(23(21)30-24)26-12-14-27(29,15-13-26)17-18-6-4-9-20(16-18)19-7-2-1-3-8-19/h1-11,16,29H,12-15,17H2/p+1.